The van der Waals surface area contributed by atoms with E-state index in [1.54, 1.807) is 20.2 Å². The van der Waals surface area contributed by atoms with Crippen LogP contribution in [-0.4, -0.2) is 30.6 Å². The van der Waals surface area contributed by atoms with Crippen LogP contribution in [0.5, 0.6) is 0 Å². The third kappa shape index (κ3) is 4.97. The van der Waals surface area contributed by atoms with Crippen molar-refractivity contribution in [3.05, 3.63) is 17.8 Å². The smallest absolute Gasteiger partial charge is 0.237 e. The quantitative estimate of drug-likeness (QED) is 0.672. The number of ether oxygens (including phenoxy) is 1. The molecule has 1 heterocycles. The predicted octanol–water partition coefficient (Wildman–Crippen LogP) is 0.353. The summed E-state index contributed by atoms with van der Waals surface area (Å²) in [5, 5.41) is 2.68. The number of amides is 1. The molecule has 0 bridgehead atoms. The van der Waals surface area contributed by atoms with Crippen molar-refractivity contribution in [2.24, 2.45) is 5.73 Å². The molecule has 96 valence electrons. The topological polar surface area (TPSA) is 90.4 Å². The number of aromatic nitrogens is 1. The lowest BCUT2D eigenvalue weighted by molar-refractivity contribution is -0.122. The monoisotopic (exact) mass is 241 g/mol. The van der Waals surface area contributed by atoms with Crippen molar-refractivity contribution in [3.8, 4) is 0 Å². The second kappa shape index (κ2) is 7.03. The molecule has 0 fully saturated rings. The van der Waals surface area contributed by atoms with Gasteiger partial charge in [0.2, 0.25) is 11.8 Å². The van der Waals surface area contributed by atoms with Gasteiger partial charge in [-0.25, -0.2) is 4.98 Å². The highest BCUT2D eigenvalue weighted by molar-refractivity contribution is 5.81. The van der Waals surface area contributed by atoms with Crippen LogP contribution in [0.3, 0.4) is 0 Å². The van der Waals surface area contributed by atoms with Crippen molar-refractivity contribution in [2.75, 3.05) is 13.7 Å². The first-order chi connectivity index (χ1) is 8.13. The summed E-state index contributed by atoms with van der Waals surface area (Å²) in [5.41, 5.74) is 5.71. The summed E-state index contributed by atoms with van der Waals surface area (Å²) in [7, 11) is 1.62. The van der Waals surface area contributed by atoms with Crippen molar-refractivity contribution in [1.29, 1.82) is 0 Å². The SMILES string of the molecule is COCCCC(N)C(=O)NCc1ncc(C)o1. The van der Waals surface area contributed by atoms with E-state index in [1.165, 1.54) is 0 Å². The number of carbonyl (C=O) groups is 1. The molecule has 1 rings (SSSR count). The van der Waals surface area contributed by atoms with E-state index >= 15 is 0 Å². The number of nitrogens with two attached hydrogens (primary N) is 1. The maximum absolute atomic E-state index is 11.6. The highest BCUT2D eigenvalue weighted by Crippen LogP contribution is 2.01. The van der Waals surface area contributed by atoms with Gasteiger partial charge >= 0.3 is 0 Å². The number of hydrogen-bond acceptors (Lipinski definition) is 5. The number of carbonyl (C=O) groups excluding carboxylic acids is 1. The zero-order valence-corrected chi connectivity index (χ0v) is 10.2. The van der Waals surface area contributed by atoms with Crippen LogP contribution in [-0.2, 0) is 16.1 Å². The summed E-state index contributed by atoms with van der Waals surface area (Å²) >= 11 is 0. The molecule has 0 radical (unpaired) electrons. The molecule has 0 aromatic carbocycles. The highest BCUT2D eigenvalue weighted by atomic mass is 16.5. The van der Waals surface area contributed by atoms with Crippen LogP contribution in [0.4, 0.5) is 0 Å². The zero-order valence-electron chi connectivity index (χ0n) is 10.2. The van der Waals surface area contributed by atoms with Crippen LogP contribution in [0.1, 0.15) is 24.5 Å². The maximum Gasteiger partial charge on any atom is 0.237 e. The van der Waals surface area contributed by atoms with Crippen molar-refractivity contribution in [3.63, 3.8) is 0 Å². The van der Waals surface area contributed by atoms with E-state index in [1.807, 2.05) is 0 Å². The first-order valence-electron chi connectivity index (χ1n) is 5.57. The summed E-state index contributed by atoms with van der Waals surface area (Å²) in [6.45, 7) is 2.68. The van der Waals surface area contributed by atoms with Gasteiger partial charge in [-0.3, -0.25) is 4.79 Å². The number of hydrogen-bond donors (Lipinski definition) is 2. The Morgan fingerprint density at radius 3 is 3.06 bits per heavy atom. The van der Waals surface area contributed by atoms with Gasteiger partial charge in [0.1, 0.15) is 5.76 Å². The van der Waals surface area contributed by atoms with Crippen LogP contribution in [0, 0.1) is 6.92 Å². The molecular weight excluding hydrogens is 222 g/mol. The average Bonchev–Trinajstić information content (AvgIpc) is 2.72. The Bertz CT molecular complexity index is 351. The Balaban J connectivity index is 2.24. The normalized spacial score (nSPS) is 12.4. The van der Waals surface area contributed by atoms with E-state index in [4.69, 9.17) is 14.9 Å². The first kappa shape index (κ1) is 13.7. The summed E-state index contributed by atoms with van der Waals surface area (Å²) in [4.78, 5) is 15.6. The Labute approximate surface area is 101 Å². The molecule has 1 amide bonds. The van der Waals surface area contributed by atoms with Crippen molar-refractivity contribution < 1.29 is 13.9 Å². The van der Waals surface area contributed by atoms with Crippen molar-refractivity contribution in [1.82, 2.24) is 10.3 Å². The van der Waals surface area contributed by atoms with E-state index in [9.17, 15) is 4.79 Å². The fraction of sp³-hybridized carbons (Fsp3) is 0.636. The molecule has 0 saturated carbocycles. The average molecular weight is 241 g/mol. The summed E-state index contributed by atoms with van der Waals surface area (Å²) < 4.78 is 10.1. The second-order valence-electron chi connectivity index (χ2n) is 3.82. The molecule has 1 unspecified atom stereocenters. The molecule has 1 atom stereocenters. The molecule has 3 N–H and O–H groups in total. The Hall–Kier alpha value is -1.40. The second-order valence-corrected chi connectivity index (χ2v) is 3.82. The van der Waals surface area contributed by atoms with Crippen LogP contribution in [0.2, 0.25) is 0 Å². The third-order valence-corrected chi connectivity index (χ3v) is 2.28. The largest absolute Gasteiger partial charge is 0.444 e. The van der Waals surface area contributed by atoms with Gasteiger partial charge in [-0.05, 0) is 19.8 Å². The number of nitrogens with zero attached hydrogens (tertiary/aromatic N) is 1. The van der Waals surface area contributed by atoms with E-state index in [-0.39, 0.29) is 12.5 Å². The van der Waals surface area contributed by atoms with Gasteiger partial charge in [0.05, 0.1) is 18.8 Å². The fourth-order valence-corrected chi connectivity index (χ4v) is 1.36. The molecule has 0 aliphatic heterocycles. The van der Waals surface area contributed by atoms with Gasteiger partial charge in [-0.15, -0.1) is 0 Å². The molecule has 0 aliphatic carbocycles. The standard InChI is InChI=1S/C11H19N3O3/c1-8-6-13-10(17-8)7-14-11(15)9(12)4-3-5-16-2/h6,9H,3-5,7,12H2,1-2H3,(H,14,15). The van der Waals surface area contributed by atoms with Gasteiger partial charge in [0.25, 0.3) is 0 Å². The number of nitrogens with one attached hydrogen (secondary N) is 1. The first-order valence-corrected chi connectivity index (χ1v) is 5.57. The van der Waals surface area contributed by atoms with Crippen LogP contribution < -0.4 is 11.1 Å². The number of rotatable bonds is 7. The van der Waals surface area contributed by atoms with Crippen LogP contribution in [0.25, 0.3) is 0 Å². The predicted molar refractivity (Wildman–Crippen MR) is 62.2 cm³/mol. The van der Waals surface area contributed by atoms with Crippen molar-refractivity contribution in [2.45, 2.75) is 32.4 Å². The molecule has 0 aliphatic rings. The van der Waals surface area contributed by atoms with E-state index < -0.39 is 6.04 Å². The molecule has 1 aromatic heterocycles. The Morgan fingerprint density at radius 2 is 2.47 bits per heavy atom. The summed E-state index contributed by atoms with van der Waals surface area (Å²) in [5.74, 6) is 1.01. The van der Waals surface area contributed by atoms with Gasteiger partial charge in [0.15, 0.2) is 0 Å². The number of aryl methyl sites for hydroxylation is 1. The van der Waals surface area contributed by atoms with Crippen LogP contribution in [0.15, 0.2) is 10.6 Å². The molecule has 6 nitrogen and oxygen atoms in total. The third-order valence-electron chi connectivity index (χ3n) is 2.28. The Morgan fingerprint density at radius 1 is 1.71 bits per heavy atom. The lowest BCUT2D eigenvalue weighted by atomic mass is 10.1. The fourth-order valence-electron chi connectivity index (χ4n) is 1.36. The highest BCUT2D eigenvalue weighted by Gasteiger charge is 2.13. The maximum atomic E-state index is 11.6. The summed E-state index contributed by atoms with van der Waals surface area (Å²) in [6.07, 6.45) is 2.98. The minimum Gasteiger partial charge on any atom is -0.444 e. The number of oxazole rings is 1. The zero-order chi connectivity index (χ0) is 12.7. The minimum atomic E-state index is -0.513. The molecular formula is C11H19N3O3. The molecule has 17 heavy (non-hydrogen) atoms. The Kier molecular flexibility index (Phi) is 5.65. The minimum absolute atomic E-state index is 0.197. The van der Waals surface area contributed by atoms with Gasteiger partial charge in [0, 0.05) is 13.7 Å². The molecule has 6 heteroatoms. The molecule has 0 saturated heterocycles. The summed E-state index contributed by atoms with van der Waals surface area (Å²) in [6, 6.07) is -0.513. The van der Waals surface area contributed by atoms with Gasteiger partial charge in [-0.1, -0.05) is 0 Å². The van der Waals surface area contributed by atoms with Crippen molar-refractivity contribution >= 4 is 5.91 Å². The van der Waals surface area contributed by atoms with E-state index in [0.29, 0.717) is 18.9 Å². The van der Waals surface area contributed by atoms with Crippen LogP contribution >= 0.6 is 0 Å². The molecule has 1 aromatic rings. The van der Waals surface area contributed by atoms with E-state index in [2.05, 4.69) is 10.3 Å². The number of methoxy groups -OCH3 is 1. The lowest BCUT2D eigenvalue weighted by Gasteiger charge is -2.10. The lowest BCUT2D eigenvalue weighted by Crippen LogP contribution is -2.40. The van der Waals surface area contributed by atoms with E-state index in [0.717, 1.165) is 12.2 Å². The van der Waals surface area contributed by atoms with Gasteiger partial charge in [-0.2, -0.15) is 0 Å². The van der Waals surface area contributed by atoms with Gasteiger partial charge < -0.3 is 20.2 Å². The molecule has 0 spiro atoms.